The lowest BCUT2D eigenvalue weighted by Crippen LogP contribution is -2.09. The van der Waals surface area contributed by atoms with E-state index in [1.54, 1.807) is 12.4 Å². The minimum absolute atomic E-state index is 0.237. The van der Waals surface area contributed by atoms with Crippen molar-refractivity contribution in [1.29, 1.82) is 0 Å². The maximum atomic E-state index is 13.9. The van der Waals surface area contributed by atoms with Gasteiger partial charge in [0, 0.05) is 47.1 Å². The lowest BCUT2D eigenvalue weighted by Gasteiger charge is -2.10. The zero-order valence-electron chi connectivity index (χ0n) is 39.9. The summed E-state index contributed by atoms with van der Waals surface area (Å²) in [5.41, 5.74) is 12.7. The summed E-state index contributed by atoms with van der Waals surface area (Å²) in [6, 6.07) is 15.0. The number of halogens is 4. The molecule has 0 unspecified atom stereocenters. The van der Waals surface area contributed by atoms with Crippen molar-refractivity contribution in [2.75, 3.05) is 0 Å². The van der Waals surface area contributed by atoms with E-state index in [0.717, 1.165) is 80.6 Å². The third-order valence-electron chi connectivity index (χ3n) is 12.2. The molecule has 6 aromatic rings. The summed E-state index contributed by atoms with van der Waals surface area (Å²) in [6.07, 6.45) is 10.7. The average Bonchev–Trinajstić information content (AvgIpc) is 4.14. The minimum atomic E-state index is -3.16. The van der Waals surface area contributed by atoms with Gasteiger partial charge in [-0.3, -0.25) is 9.59 Å². The highest BCUT2D eigenvalue weighted by Crippen LogP contribution is 2.36. The molecule has 6 rings (SSSR count). The molecule has 4 aromatic heterocycles. The van der Waals surface area contributed by atoms with Crippen molar-refractivity contribution in [3.63, 3.8) is 0 Å². The smallest absolute Gasteiger partial charge is 0.503 e. The molecule has 2 aromatic carbocycles. The summed E-state index contributed by atoms with van der Waals surface area (Å²) in [7, 11) is -6.31. The summed E-state index contributed by atoms with van der Waals surface area (Å²) in [6.45, 7) is 15.7. The molecule has 68 heavy (non-hydrogen) atoms. The minimum Gasteiger partial charge on any atom is -0.503 e. The number of nitrogens with one attached hydrogen (secondary N) is 4. The molecule has 0 saturated carbocycles. The number of aromatic amines is 4. The van der Waals surface area contributed by atoms with Gasteiger partial charge in [0.1, 0.15) is 11.5 Å². The third-order valence-corrected chi connectivity index (χ3v) is 12.2. The summed E-state index contributed by atoms with van der Waals surface area (Å²) in [5.74, 6) is 10.8. The van der Waals surface area contributed by atoms with Crippen molar-refractivity contribution in [2.45, 2.75) is 107 Å². The van der Waals surface area contributed by atoms with Crippen LogP contribution >= 0.6 is 0 Å². The SMILES string of the molecule is CCc1c[nH]c(C(=O)/C=C(\OB(F)F)c2[nH]c(-c3cccc(C#CC#Cc4cccc(-c5[nH]c(/C(=C\C(=O)c6[nH]cc(CC)c6CC)OB(F)F)c(CC)c5CC)c4)c3)c(CC)c2CC)c1CC. The molecule has 14 heteroatoms. The largest absolute Gasteiger partial charge is 0.796 e. The molecule has 0 fully saturated rings. The van der Waals surface area contributed by atoms with Gasteiger partial charge in [-0.25, -0.2) is 17.3 Å². The first-order valence-corrected chi connectivity index (χ1v) is 23.3. The van der Waals surface area contributed by atoms with Gasteiger partial charge >= 0.3 is 14.9 Å². The van der Waals surface area contributed by atoms with Crippen LogP contribution in [0.25, 0.3) is 34.0 Å². The summed E-state index contributed by atoms with van der Waals surface area (Å²) in [4.78, 5) is 39.9. The Morgan fingerprint density at radius 2 is 0.882 bits per heavy atom. The van der Waals surface area contributed by atoms with E-state index < -0.39 is 26.5 Å². The van der Waals surface area contributed by atoms with Crippen LogP contribution in [0.5, 0.6) is 0 Å². The van der Waals surface area contributed by atoms with Crippen molar-refractivity contribution >= 4 is 38.0 Å². The Bertz CT molecular complexity index is 2780. The maximum Gasteiger partial charge on any atom is 0.796 e. The Kier molecular flexibility index (Phi) is 17.1. The van der Waals surface area contributed by atoms with Crippen LogP contribution in [0.15, 0.2) is 73.1 Å². The molecule has 4 N–H and O–H groups in total. The number of hydrogen-bond donors (Lipinski definition) is 4. The van der Waals surface area contributed by atoms with Crippen LogP contribution < -0.4 is 0 Å². The number of allylic oxidation sites excluding steroid dienone is 2. The highest BCUT2D eigenvalue weighted by Gasteiger charge is 2.29. The van der Waals surface area contributed by atoms with Gasteiger partial charge in [-0.1, -0.05) is 91.5 Å². The second-order valence-electron chi connectivity index (χ2n) is 16.0. The Labute approximate surface area is 397 Å². The number of aryl methyl sites for hydroxylation is 2. The number of H-pyrrole nitrogens is 4. The topological polar surface area (TPSA) is 116 Å². The van der Waals surface area contributed by atoms with Crippen LogP contribution in [0, 0.1) is 23.7 Å². The monoisotopic (exact) mass is 922 g/mol. The number of benzene rings is 2. The van der Waals surface area contributed by atoms with Gasteiger partial charge in [0.2, 0.25) is 11.6 Å². The van der Waals surface area contributed by atoms with E-state index in [0.29, 0.717) is 83.8 Å². The standard InChI is InChI=1S/C54H56B2F4N4O4/c1-9-35-31-61-51(39(35)11-3)45(65)29-47(67-55(57)58)53-43(15-7)41(13-5)49(63-53)37-25-19-23-33(27-37)21-17-18-22-34-24-20-26-38(28-34)50-42(14-6)44(16-8)54(64-50)48(68-56(59)60)30-46(66)52-40(12-4)36(10-2)32-62-52/h19-20,23-32,61-64H,9-16H2,1-8H3/b47-29-,48-30+. The highest BCUT2D eigenvalue weighted by atomic mass is 19.2. The molecule has 0 bridgehead atoms. The van der Waals surface area contributed by atoms with Crippen molar-refractivity contribution in [1.82, 2.24) is 19.9 Å². The predicted octanol–water partition coefficient (Wildman–Crippen LogP) is 12.6. The number of rotatable bonds is 20. The Hall–Kier alpha value is -7.05. The Morgan fingerprint density at radius 3 is 1.21 bits per heavy atom. The van der Waals surface area contributed by atoms with Gasteiger partial charge in [-0.2, -0.15) is 0 Å². The molecule has 0 radical (unpaired) electrons. The van der Waals surface area contributed by atoms with E-state index in [2.05, 4.69) is 43.6 Å². The Morgan fingerprint density at radius 1 is 0.515 bits per heavy atom. The highest BCUT2D eigenvalue weighted by molar-refractivity contribution is 6.36. The number of aromatic nitrogens is 4. The summed E-state index contributed by atoms with van der Waals surface area (Å²) < 4.78 is 65.9. The van der Waals surface area contributed by atoms with Crippen molar-refractivity contribution in [3.05, 3.63) is 151 Å². The van der Waals surface area contributed by atoms with Gasteiger partial charge in [-0.15, -0.1) is 0 Å². The van der Waals surface area contributed by atoms with E-state index in [1.165, 1.54) is 0 Å². The van der Waals surface area contributed by atoms with Crippen molar-refractivity contribution in [2.24, 2.45) is 0 Å². The predicted molar refractivity (Wildman–Crippen MR) is 266 cm³/mol. The van der Waals surface area contributed by atoms with Gasteiger partial charge in [0.15, 0.2) is 0 Å². The van der Waals surface area contributed by atoms with Crippen LogP contribution in [-0.4, -0.2) is 46.4 Å². The van der Waals surface area contributed by atoms with Gasteiger partial charge in [0.25, 0.3) is 0 Å². The summed E-state index contributed by atoms with van der Waals surface area (Å²) in [5, 5.41) is 0. The molecule has 0 saturated heterocycles. The zero-order valence-corrected chi connectivity index (χ0v) is 39.9. The fourth-order valence-electron chi connectivity index (χ4n) is 9.11. The molecule has 8 nitrogen and oxygen atoms in total. The lowest BCUT2D eigenvalue weighted by molar-refractivity contribution is 0.103. The first-order chi connectivity index (χ1) is 32.8. The first-order valence-electron chi connectivity index (χ1n) is 23.3. The number of carbonyl (C=O) groups is 2. The first kappa shape index (κ1) is 50.4. The van der Waals surface area contributed by atoms with Gasteiger partial charge in [-0.05, 0) is 143 Å². The van der Waals surface area contributed by atoms with Crippen LogP contribution in [0.4, 0.5) is 17.3 Å². The molecule has 4 heterocycles. The molecular formula is C54H56B2F4N4O4. The van der Waals surface area contributed by atoms with E-state index in [-0.39, 0.29) is 11.5 Å². The lowest BCUT2D eigenvalue weighted by atomic mass is 9.98. The fourth-order valence-corrected chi connectivity index (χ4v) is 9.11. The molecule has 0 aliphatic carbocycles. The number of ketones is 2. The molecule has 0 aliphatic rings. The molecule has 0 aliphatic heterocycles. The van der Waals surface area contributed by atoms with Crippen molar-refractivity contribution < 1.29 is 36.2 Å². The second kappa shape index (κ2) is 23.1. The van der Waals surface area contributed by atoms with Crippen LogP contribution in [-0.2, 0) is 60.7 Å². The molecular weight excluding hydrogens is 866 g/mol. The van der Waals surface area contributed by atoms with Crippen molar-refractivity contribution in [3.8, 4) is 46.2 Å². The van der Waals surface area contributed by atoms with Crippen LogP contribution in [0.1, 0.15) is 143 Å². The van der Waals surface area contributed by atoms with E-state index in [4.69, 9.17) is 9.31 Å². The quantitative estimate of drug-likeness (QED) is 0.0152. The van der Waals surface area contributed by atoms with E-state index in [1.807, 2.05) is 104 Å². The van der Waals surface area contributed by atoms with Gasteiger partial charge < -0.3 is 29.2 Å². The normalized spacial score (nSPS) is 11.5. The van der Waals surface area contributed by atoms with Crippen LogP contribution in [0.2, 0.25) is 0 Å². The van der Waals surface area contributed by atoms with E-state index >= 15 is 0 Å². The Balaban J connectivity index is 1.30. The van der Waals surface area contributed by atoms with Crippen LogP contribution in [0.3, 0.4) is 0 Å². The molecule has 0 spiro atoms. The van der Waals surface area contributed by atoms with E-state index in [9.17, 15) is 26.9 Å². The van der Waals surface area contributed by atoms with Gasteiger partial charge in [0.05, 0.1) is 22.8 Å². The number of hydrogen-bond acceptors (Lipinski definition) is 4. The molecule has 0 atom stereocenters. The zero-order chi connectivity index (χ0) is 49.1. The second-order valence-corrected chi connectivity index (χ2v) is 16.0. The maximum absolute atomic E-state index is 13.9. The molecule has 0 amide bonds. The molecule has 350 valence electrons. The fraction of sp³-hybridized carbons (Fsp3) is 0.296. The summed E-state index contributed by atoms with van der Waals surface area (Å²) >= 11 is 0. The third kappa shape index (κ3) is 11.0. The average molecular weight is 923 g/mol. The number of carbonyl (C=O) groups excluding carboxylic acids is 2.